The van der Waals surface area contributed by atoms with Crippen molar-refractivity contribution in [1.82, 2.24) is 10.6 Å². The Kier molecular flexibility index (Phi) is 4.06. The summed E-state index contributed by atoms with van der Waals surface area (Å²) in [5, 5.41) is 15.6. The van der Waals surface area contributed by atoms with E-state index in [4.69, 9.17) is 0 Å². The molecule has 0 saturated heterocycles. The van der Waals surface area contributed by atoms with Crippen molar-refractivity contribution in [3.8, 4) is 0 Å². The van der Waals surface area contributed by atoms with Gasteiger partial charge in [-0.2, -0.15) is 0 Å². The molecule has 22 heavy (non-hydrogen) atoms. The fourth-order valence-corrected chi connectivity index (χ4v) is 2.72. The molecule has 0 fully saturated rings. The lowest BCUT2D eigenvalue weighted by Gasteiger charge is -2.18. The van der Waals surface area contributed by atoms with E-state index in [9.17, 15) is 14.3 Å². The predicted molar refractivity (Wildman–Crippen MR) is 80.7 cm³/mol. The maximum absolute atomic E-state index is 12.8. The van der Waals surface area contributed by atoms with E-state index < -0.39 is 12.1 Å². The molecule has 0 heterocycles. The van der Waals surface area contributed by atoms with Crippen LogP contribution in [-0.2, 0) is 13.0 Å². The van der Waals surface area contributed by atoms with Gasteiger partial charge >= 0.3 is 6.03 Å². The Hall–Kier alpha value is -2.40. The van der Waals surface area contributed by atoms with E-state index in [1.54, 1.807) is 12.1 Å². The molecule has 0 spiro atoms. The van der Waals surface area contributed by atoms with Crippen LogP contribution in [0, 0.1) is 5.82 Å². The molecule has 4 nitrogen and oxygen atoms in total. The highest BCUT2D eigenvalue weighted by atomic mass is 19.1. The molecule has 0 bridgehead atoms. The van der Waals surface area contributed by atoms with Crippen LogP contribution in [0.15, 0.2) is 48.5 Å². The van der Waals surface area contributed by atoms with Crippen LogP contribution < -0.4 is 10.6 Å². The standard InChI is InChI=1S/C17H17FN2O2/c18-13-7-5-11(6-8-13)10-19-17(22)20-16-14-4-2-1-3-12(14)9-15(16)21/h1-8,15-16,21H,9-10H2,(H2,19,20,22)/t15-,16+/m1/s1. The van der Waals surface area contributed by atoms with Crippen LogP contribution in [0.4, 0.5) is 9.18 Å². The zero-order valence-electron chi connectivity index (χ0n) is 11.9. The van der Waals surface area contributed by atoms with E-state index in [2.05, 4.69) is 10.6 Å². The average Bonchev–Trinajstić information content (AvgIpc) is 2.83. The number of halogens is 1. The molecule has 114 valence electrons. The minimum Gasteiger partial charge on any atom is -0.390 e. The number of urea groups is 1. The maximum atomic E-state index is 12.8. The summed E-state index contributed by atoms with van der Waals surface area (Å²) in [7, 11) is 0. The summed E-state index contributed by atoms with van der Waals surface area (Å²) < 4.78 is 12.8. The van der Waals surface area contributed by atoms with Crippen molar-refractivity contribution < 1.29 is 14.3 Å². The van der Waals surface area contributed by atoms with Crippen LogP contribution in [0.2, 0.25) is 0 Å². The molecule has 2 amide bonds. The number of carbonyl (C=O) groups is 1. The van der Waals surface area contributed by atoms with Gasteiger partial charge in [-0.3, -0.25) is 0 Å². The monoisotopic (exact) mass is 300 g/mol. The number of hydrogen-bond acceptors (Lipinski definition) is 2. The summed E-state index contributed by atoms with van der Waals surface area (Å²) in [6, 6.07) is 12.9. The Bertz CT molecular complexity index is 673. The first-order valence-electron chi connectivity index (χ1n) is 7.18. The fourth-order valence-electron chi connectivity index (χ4n) is 2.72. The van der Waals surface area contributed by atoms with Gasteiger partial charge in [0.1, 0.15) is 5.82 Å². The number of fused-ring (bicyclic) bond motifs is 1. The Morgan fingerprint density at radius 3 is 2.68 bits per heavy atom. The molecule has 0 aliphatic heterocycles. The first-order valence-corrected chi connectivity index (χ1v) is 7.18. The van der Waals surface area contributed by atoms with Gasteiger partial charge in [0.2, 0.25) is 0 Å². The number of rotatable bonds is 3. The third-order valence-electron chi connectivity index (χ3n) is 3.86. The molecule has 2 atom stereocenters. The van der Waals surface area contributed by atoms with Gasteiger partial charge in [0.15, 0.2) is 0 Å². The van der Waals surface area contributed by atoms with Crippen LogP contribution in [0.1, 0.15) is 22.7 Å². The summed E-state index contributed by atoms with van der Waals surface area (Å²) in [4.78, 5) is 12.0. The summed E-state index contributed by atoms with van der Waals surface area (Å²) >= 11 is 0. The maximum Gasteiger partial charge on any atom is 0.315 e. The van der Waals surface area contributed by atoms with Crippen molar-refractivity contribution in [2.24, 2.45) is 0 Å². The summed E-state index contributed by atoms with van der Waals surface area (Å²) in [6.45, 7) is 0.302. The Balaban J connectivity index is 1.59. The zero-order chi connectivity index (χ0) is 15.5. The van der Waals surface area contributed by atoms with E-state index in [0.717, 1.165) is 16.7 Å². The van der Waals surface area contributed by atoms with Crippen molar-refractivity contribution in [2.75, 3.05) is 0 Å². The normalized spacial score (nSPS) is 19.5. The highest BCUT2D eigenvalue weighted by molar-refractivity contribution is 5.74. The second kappa shape index (κ2) is 6.15. The van der Waals surface area contributed by atoms with Crippen molar-refractivity contribution in [3.05, 3.63) is 71.0 Å². The highest BCUT2D eigenvalue weighted by Gasteiger charge is 2.31. The van der Waals surface area contributed by atoms with Gasteiger partial charge in [0, 0.05) is 13.0 Å². The van der Waals surface area contributed by atoms with Crippen molar-refractivity contribution >= 4 is 6.03 Å². The first-order chi connectivity index (χ1) is 10.6. The van der Waals surface area contributed by atoms with Crippen molar-refractivity contribution in [3.63, 3.8) is 0 Å². The molecule has 1 aliphatic rings. The molecule has 3 N–H and O–H groups in total. The van der Waals surface area contributed by atoms with Gasteiger partial charge in [0.25, 0.3) is 0 Å². The minimum absolute atomic E-state index is 0.302. The average molecular weight is 300 g/mol. The molecule has 0 saturated carbocycles. The number of benzene rings is 2. The van der Waals surface area contributed by atoms with Gasteiger partial charge in [-0.15, -0.1) is 0 Å². The van der Waals surface area contributed by atoms with Crippen molar-refractivity contribution in [2.45, 2.75) is 25.1 Å². The van der Waals surface area contributed by atoms with Crippen LogP contribution in [0.5, 0.6) is 0 Å². The van der Waals surface area contributed by atoms with Crippen LogP contribution in [0.25, 0.3) is 0 Å². The largest absolute Gasteiger partial charge is 0.390 e. The van der Waals surface area contributed by atoms with E-state index in [1.165, 1.54) is 12.1 Å². The molecule has 3 rings (SSSR count). The van der Waals surface area contributed by atoms with E-state index >= 15 is 0 Å². The quantitative estimate of drug-likeness (QED) is 0.814. The third-order valence-corrected chi connectivity index (χ3v) is 3.86. The minimum atomic E-state index is -0.617. The van der Waals surface area contributed by atoms with E-state index in [1.807, 2.05) is 24.3 Å². The molecular formula is C17H17FN2O2. The Morgan fingerprint density at radius 2 is 1.91 bits per heavy atom. The summed E-state index contributed by atoms with van der Waals surface area (Å²) in [6.07, 6.45) is -0.0759. The molecule has 1 aliphatic carbocycles. The van der Waals surface area contributed by atoms with Gasteiger partial charge in [-0.05, 0) is 28.8 Å². The second-order valence-electron chi connectivity index (χ2n) is 5.40. The number of aliphatic hydroxyl groups excluding tert-OH is 1. The summed E-state index contributed by atoms with van der Waals surface area (Å²) in [5.74, 6) is -0.307. The molecular weight excluding hydrogens is 283 g/mol. The Labute approximate surface area is 128 Å². The number of amides is 2. The summed E-state index contributed by atoms with van der Waals surface area (Å²) in [5.41, 5.74) is 2.81. The van der Waals surface area contributed by atoms with Crippen LogP contribution in [-0.4, -0.2) is 17.2 Å². The smallest absolute Gasteiger partial charge is 0.315 e. The number of hydrogen-bond donors (Lipinski definition) is 3. The third kappa shape index (κ3) is 3.09. The number of nitrogens with one attached hydrogen (secondary N) is 2. The Morgan fingerprint density at radius 1 is 1.18 bits per heavy atom. The van der Waals surface area contributed by atoms with Gasteiger partial charge in [0.05, 0.1) is 12.1 Å². The molecule has 0 unspecified atom stereocenters. The van der Waals surface area contributed by atoms with E-state index in [-0.39, 0.29) is 11.8 Å². The molecule has 5 heteroatoms. The lowest BCUT2D eigenvalue weighted by Crippen LogP contribution is -2.40. The lowest BCUT2D eigenvalue weighted by atomic mass is 10.1. The second-order valence-corrected chi connectivity index (χ2v) is 5.40. The SMILES string of the molecule is O=C(NCc1ccc(F)cc1)N[C@H]1c2ccccc2C[C@H]1O. The topological polar surface area (TPSA) is 61.4 Å². The van der Waals surface area contributed by atoms with Crippen molar-refractivity contribution in [1.29, 1.82) is 0 Å². The van der Waals surface area contributed by atoms with Crippen LogP contribution in [0.3, 0.4) is 0 Å². The molecule has 0 aromatic heterocycles. The predicted octanol–water partition coefficient (Wildman–Crippen LogP) is 2.28. The molecule has 2 aromatic rings. The van der Waals surface area contributed by atoms with Gasteiger partial charge in [-0.1, -0.05) is 36.4 Å². The van der Waals surface area contributed by atoms with Gasteiger partial charge in [-0.25, -0.2) is 9.18 Å². The first kappa shape index (κ1) is 14.5. The number of carbonyl (C=O) groups excluding carboxylic acids is 1. The van der Waals surface area contributed by atoms with E-state index in [0.29, 0.717) is 13.0 Å². The van der Waals surface area contributed by atoms with Crippen LogP contribution >= 0.6 is 0 Å². The highest BCUT2D eigenvalue weighted by Crippen LogP contribution is 2.30. The molecule has 2 aromatic carbocycles. The number of aliphatic hydroxyl groups is 1. The molecule has 0 radical (unpaired) electrons. The van der Waals surface area contributed by atoms with Gasteiger partial charge < -0.3 is 15.7 Å². The fraction of sp³-hybridized carbons (Fsp3) is 0.235. The zero-order valence-corrected chi connectivity index (χ0v) is 11.9. The lowest BCUT2D eigenvalue weighted by molar-refractivity contribution is 0.142.